The number of nitrogens with one attached hydrogen (secondary N) is 1. The summed E-state index contributed by atoms with van der Waals surface area (Å²) in [6, 6.07) is 11.0. The number of aromatic nitrogens is 2. The molecule has 6 nitrogen and oxygen atoms in total. The van der Waals surface area contributed by atoms with Crippen LogP contribution in [0.25, 0.3) is 10.8 Å². The summed E-state index contributed by atoms with van der Waals surface area (Å²) in [5.41, 5.74) is 0.635. The SMILES string of the molecule is Cc1noc(-c2sccc2NC(=O)COc2ccccc2)n1. The predicted octanol–water partition coefficient (Wildman–Crippen LogP) is 3.12. The molecule has 2 heterocycles. The van der Waals surface area contributed by atoms with E-state index in [0.717, 1.165) is 4.88 Å². The van der Waals surface area contributed by atoms with Crippen LogP contribution in [0, 0.1) is 6.92 Å². The number of nitrogens with zero attached hydrogens (tertiary/aromatic N) is 2. The van der Waals surface area contributed by atoms with Gasteiger partial charge in [0.15, 0.2) is 12.4 Å². The van der Waals surface area contributed by atoms with E-state index in [0.29, 0.717) is 23.2 Å². The molecule has 0 fully saturated rings. The summed E-state index contributed by atoms with van der Waals surface area (Å²) >= 11 is 1.42. The molecule has 22 heavy (non-hydrogen) atoms. The van der Waals surface area contributed by atoms with Crippen LogP contribution in [0.3, 0.4) is 0 Å². The summed E-state index contributed by atoms with van der Waals surface area (Å²) in [6.07, 6.45) is 0. The van der Waals surface area contributed by atoms with Gasteiger partial charge in [0, 0.05) is 0 Å². The molecule has 1 aromatic carbocycles. The normalized spacial score (nSPS) is 10.4. The highest BCUT2D eigenvalue weighted by Crippen LogP contribution is 2.32. The first-order valence-corrected chi connectivity index (χ1v) is 7.46. The number of aryl methyl sites for hydroxylation is 1. The quantitative estimate of drug-likeness (QED) is 0.782. The Labute approximate surface area is 130 Å². The summed E-state index contributed by atoms with van der Waals surface area (Å²) in [5.74, 6) is 1.34. The van der Waals surface area contributed by atoms with Gasteiger partial charge in [0.25, 0.3) is 11.8 Å². The number of amides is 1. The molecular formula is C15H13N3O3S. The zero-order valence-corrected chi connectivity index (χ0v) is 12.6. The average Bonchev–Trinajstić information content (AvgIpc) is 3.15. The van der Waals surface area contributed by atoms with Crippen molar-refractivity contribution in [3.63, 3.8) is 0 Å². The maximum absolute atomic E-state index is 12.0. The molecule has 112 valence electrons. The van der Waals surface area contributed by atoms with Gasteiger partial charge in [-0.25, -0.2) is 0 Å². The molecule has 2 aromatic heterocycles. The van der Waals surface area contributed by atoms with Crippen molar-refractivity contribution in [3.05, 3.63) is 47.6 Å². The molecule has 0 radical (unpaired) electrons. The van der Waals surface area contributed by atoms with Gasteiger partial charge in [0.05, 0.1) is 5.69 Å². The van der Waals surface area contributed by atoms with E-state index in [1.165, 1.54) is 11.3 Å². The Balaban J connectivity index is 1.64. The maximum atomic E-state index is 12.0. The molecule has 1 N–H and O–H groups in total. The number of para-hydroxylation sites is 1. The number of hydrogen-bond acceptors (Lipinski definition) is 6. The number of ether oxygens (including phenoxy) is 1. The Kier molecular flexibility index (Phi) is 4.15. The van der Waals surface area contributed by atoms with E-state index in [-0.39, 0.29) is 12.5 Å². The Morgan fingerprint density at radius 1 is 1.32 bits per heavy atom. The molecule has 7 heteroatoms. The Morgan fingerprint density at radius 3 is 2.86 bits per heavy atom. The third-order valence-electron chi connectivity index (χ3n) is 2.77. The van der Waals surface area contributed by atoms with E-state index in [9.17, 15) is 4.79 Å². The van der Waals surface area contributed by atoms with Gasteiger partial charge in [-0.3, -0.25) is 4.79 Å². The van der Waals surface area contributed by atoms with Crippen LogP contribution < -0.4 is 10.1 Å². The largest absolute Gasteiger partial charge is 0.484 e. The number of anilines is 1. The number of benzene rings is 1. The van der Waals surface area contributed by atoms with Crippen molar-refractivity contribution in [1.29, 1.82) is 0 Å². The molecule has 0 atom stereocenters. The van der Waals surface area contributed by atoms with Gasteiger partial charge in [-0.1, -0.05) is 23.4 Å². The second kappa shape index (κ2) is 6.40. The first kappa shape index (κ1) is 14.3. The number of carbonyl (C=O) groups excluding carboxylic acids is 1. The van der Waals surface area contributed by atoms with Gasteiger partial charge < -0.3 is 14.6 Å². The van der Waals surface area contributed by atoms with Crippen molar-refractivity contribution in [1.82, 2.24) is 10.1 Å². The van der Waals surface area contributed by atoms with Crippen LogP contribution in [0.15, 0.2) is 46.3 Å². The lowest BCUT2D eigenvalue weighted by Gasteiger charge is -2.07. The van der Waals surface area contributed by atoms with E-state index < -0.39 is 0 Å². The minimum atomic E-state index is -0.250. The monoisotopic (exact) mass is 315 g/mol. The zero-order valence-electron chi connectivity index (χ0n) is 11.8. The molecule has 0 aliphatic carbocycles. The topological polar surface area (TPSA) is 77.2 Å². The lowest BCUT2D eigenvalue weighted by Crippen LogP contribution is -2.20. The third-order valence-corrected chi connectivity index (χ3v) is 3.68. The van der Waals surface area contributed by atoms with Crippen molar-refractivity contribution in [2.45, 2.75) is 6.92 Å². The lowest BCUT2D eigenvalue weighted by atomic mass is 10.3. The highest BCUT2D eigenvalue weighted by Gasteiger charge is 2.15. The maximum Gasteiger partial charge on any atom is 0.270 e. The van der Waals surface area contributed by atoms with Crippen LogP contribution >= 0.6 is 11.3 Å². The van der Waals surface area contributed by atoms with Crippen LogP contribution in [0.2, 0.25) is 0 Å². The van der Waals surface area contributed by atoms with Crippen molar-refractivity contribution < 1.29 is 14.1 Å². The minimum absolute atomic E-state index is 0.0673. The third kappa shape index (κ3) is 3.32. The Morgan fingerprint density at radius 2 is 2.14 bits per heavy atom. The van der Waals surface area contributed by atoms with Crippen molar-refractivity contribution >= 4 is 22.9 Å². The number of rotatable bonds is 5. The molecule has 3 rings (SSSR count). The molecule has 1 amide bonds. The fourth-order valence-corrected chi connectivity index (χ4v) is 2.58. The number of thiophene rings is 1. The highest BCUT2D eigenvalue weighted by molar-refractivity contribution is 7.14. The van der Waals surface area contributed by atoms with Gasteiger partial charge in [0.1, 0.15) is 10.6 Å². The second-order valence-corrected chi connectivity index (χ2v) is 5.38. The van der Waals surface area contributed by atoms with Crippen LogP contribution in [0.5, 0.6) is 5.75 Å². The number of hydrogen-bond donors (Lipinski definition) is 1. The zero-order chi connectivity index (χ0) is 15.4. The van der Waals surface area contributed by atoms with E-state index in [2.05, 4.69) is 15.5 Å². The molecule has 0 spiro atoms. The first-order chi connectivity index (χ1) is 10.7. The van der Waals surface area contributed by atoms with E-state index >= 15 is 0 Å². The van der Waals surface area contributed by atoms with Gasteiger partial charge in [-0.15, -0.1) is 11.3 Å². The van der Waals surface area contributed by atoms with Crippen LogP contribution in [-0.2, 0) is 4.79 Å². The van der Waals surface area contributed by atoms with Crippen LogP contribution in [-0.4, -0.2) is 22.7 Å². The molecular weight excluding hydrogens is 302 g/mol. The van der Waals surface area contributed by atoms with Crippen LogP contribution in [0.1, 0.15) is 5.82 Å². The van der Waals surface area contributed by atoms with Crippen molar-refractivity contribution in [3.8, 4) is 16.5 Å². The Bertz CT molecular complexity index is 767. The molecule has 0 aliphatic heterocycles. The van der Waals surface area contributed by atoms with Gasteiger partial charge in [-0.2, -0.15) is 4.98 Å². The van der Waals surface area contributed by atoms with Gasteiger partial charge in [-0.05, 0) is 30.5 Å². The van der Waals surface area contributed by atoms with Crippen LogP contribution in [0.4, 0.5) is 5.69 Å². The van der Waals surface area contributed by atoms with Crippen molar-refractivity contribution in [2.75, 3.05) is 11.9 Å². The molecule has 0 saturated heterocycles. The summed E-state index contributed by atoms with van der Waals surface area (Å²) < 4.78 is 10.5. The summed E-state index contributed by atoms with van der Waals surface area (Å²) in [4.78, 5) is 16.9. The van der Waals surface area contributed by atoms with Gasteiger partial charge in [0.2, 0.25) is 0 Å². The molecule has 0 bridgehead atoms. The minimum Gasteiger partial charge on any atom is -0.484 e. The summed E-state index contributed by atoms with van der Waals surface area (Å²) in [5, 5.41) is 8.39. The fraction of sp³-hybridized carbons (Fsp3) is 0.133. The summed E-state index contributed by atoms with van der Waals surface area (Å²) in [6.45, 7) is 1.68. The first-order valence-electron chi connectivity index (χ1n) is 6.58. The highest BCUT2D eigenvalue weighted by atomic mass is 32.1. The lowest BCUT2D eigenvalue weighted by molar-refractivity contribution is -0.118. The average molecular weight is 315 g/mol. The second-order valence-electron chi connectivity index (χ2n) is 4.46. The van der Waals surface area contributed by atoms with E-state index in [4.69, 9.17) is 9.26 Å². The smallest absolute Gasteiger partial charge is 0.270 e. The molecule has 0 unspecified atom stereocenters. The van der Waals surface area contributed by atoms with Crippen molar-refractivity contribution in [2.24, 2.45) is 0 Å². The predicted molar refractivity (Wildman–Crippen MR) is 82.9 cm³/mol. The molecule has 0 saturated carbocycles. The molecule has 0 aliphatic rings. The van der Waals surface area contributed by atoms with E-state index in [1.807, 2.05) is 23.6 Å². The standard InChI is InChI=1S/C15H13N3O3S/c1-10-16-15(21-18-10)14-12(7-8-22-14)17-13(19)9-20-11-5-3-2-4-6-11/h2-8H,9H2,1H3,(H,17,19). The Hall–Kier alpha value is -2.67. The van der Waals surface area contributed by atoms with E-state index in [1.54, 1.807) is 25.1 Å². The fourth-order valence-electron chi connectivity index (χ4n) is 1.81. The van der Waals surface area contributed by atoms with Gasteiger partial charge >= 0.3 is 0 Å². The summed E-state index contributed by atoms with van der Waals surface area (Å²) in [7, 11) is 0. The molecule has 3 aromatic rings. The number of carbonyl (C=O) groups is 1.